The quantitative estimate of drug-likeness (QED) is 0.644. The van der Waals surface area contributed by atoms with Crippen LogP contribution >= 0.6 is 23.3 Å². The van der Waals surface area contributed by atoms with E-state index in [1.807, 2.05) is 13.8 Å². The number of nitrogens with two attached hydrogens (primary N) is 1. The highest BCUT2D eigenvalue weighted by Crippen LogP contribution is 2.44. The van der Waals surface area contributed by atoms with Gasteiger partial charge in [-0.3, -0.25) is 4.79 Å². The first-order valence-corrected chi connectivity index (χ1v) is 10.5. The van der Waals surface area contributed by atoms with Gasteiger partial charge in [-0.15, -0.1) is 11.3 Å². The van der Waals surface area contributed by atoms with E-state index in [1.165, 1.54) is 30.2 Å². The fourth-order valence-electron chi connectivity index (χ4n) is 2.47. The Labute approximate surface area is 145 Å². The number of hydrogen-bond donors (Lipinski definition) is 3. The number of nitrogens with one attached hydrogen (secondary N) is 2. The van der Waals surface area contributed by atoms with Crippen molar-refractivity contribution in [2.45, 2.75) is 47.8 Å². The summed E-state index contributed by atoms with van der Waals surface area (Å²) in [6, 6.07) is 1.66. The smallest absolute Gasteiger partial charge is 0.247 e. The van der Waals surface area contributed by atoms with Crippen LogP contribution < -0.4 is 15.8 Å². The predicted octanol–water partition coefficient (Wildman–Crippen LogP) is 1.24. The minimum Gasteiger partial charge on any atom is -0.340 e. The second-order valence-electron chi connectivity index (χ2n) is 5.28. The first-order valence-electron chi connectivity index (χ1n) is 7.37. The zero-order chi connectivity index (χ0) is 17.2. The molecule has 1 aliphatic rings. The largest absolute Gasteiger partial charge is 0.340 e. The minimum atomic E-state index is -3.71. The molecule has 23 heavy (non-hydrogen) atoms. The topological polar surface area (TPSA) is 105 Å². The van der Waals surface area contributed by atoms with E-state index in [0.717, 1.165) is 22.7 Å². The number of carbonyl (C=O) groups is 1. The maximum Gasteiger partial charge on any atom is 0.247 e. The van der Waals surface area contributed by atoms with E-state index in [4.69, 9.17) is 5.14 Å². The molecule has 7 nitrogen and oxygen atoms in total. The molecule has 2 atom stereocenters. The van der Waals surface area contributed by atoms with Crippen molar-refractivity contribution in [2.75, 3.05) is 13.1 Å². The van der Waals surface area contributed by atoms with Gasteiger partial charge in [0.05, 0.1) is 10.4 Å². The number of carbonyl (C=O) groups excluding carboxylic acids is 1. The summed E-state index contributed by atoms with van der Waals surface area (Å²) in [5, 5.41) is 11.6. The Bertz CT molecular complexity index is 674. The second-order valence-corrected chi connectivity index (χ2v) is 9.44. The number of thiophene rings is 1. The average Bonchev–Trinajstić information content (AvgIpc) is 2.89. The fourth-order valence-corrected chi connectivity index (χ4v) is 6.10. The highest BCUT2D eigenvalue weighted by atomic mass is 32.3. The van der Waals surface area contributed by atoms with Crippen molar-refractivity contribution in [2.24, 2.45) is 5.14 Å². The van der Waals surface area contributed by atoms with Crippen LogP contribution in [0.4, 0.5) is 0 Å². The highest BCUT2D eigenvalue weighted by Gasteiger charge is 2.33. The lowest BCUT2D eigenvalue weighted by Gasteiger charge is -2.36. The number of sulfonamides is 1. The second kappa shape index (κ2) is 7.49. The molecule has 0 saturated carbocycles. The third kappa shape index (κ3) is 4.46. The molecule has 10 heteroatoms. The third-order valence-electron chi connectivity index (χ3n) is 3.48. The molecule has 1 amide bonds. The molecule has 2 rings (SSSR count). The average molecular weight is 379 g/mol. The standard InChI is InChI=1S/C13H22N4O3S3/c1-4-11(16-8(3)18)17-7-10(15-5-2)9-6-12(23(14,19)20)21-13(9)22-17/h6,10-11,15H,4-5,7H2,1-3H3,(H,16,18)(H2,14,19,20). The molecule has 2 heterocycles. The molecule has 1 aromatic rings. The van der Waals surface area contributed by atoms with Gasteiger partial charge in [-0.25, -0.2) is 17.9 Å². The lowest BCUT2D eigenvalue weighted by atomic mass is 10.1. The first-order chi connectivity index (χ1) is 10.8. The van der Waals surface area contributed by atoms with E-state index in [0.29, 0.717) is 6.54 Å². The van der Waals surface area contributed by atoms with E-state index in [1.54, 1.807) is 6.07 Å². The van der Waals surface area contributed by atoms with Gasteiger partial charge < -0.3 is 10.6 Å². The van der Waals surface area contributed by atoms with Crippen molar-refractivity contribution in [3.63, 3.8) is 0 Å². The Kier molecular flexibility index (Phi) is 6.09. The number of rotatable bonds is 6. The molecule has 0 spiro atoms. The Morgan fingerprint density at radius 1 is 1.52 bits per heavy atom. The van der Waals surface area contributed by atoms with Crippen LogP contribution in [0.2, 0.25) is 0 Å². The van der Waals surface area contributed by atoms with Gasteiger partial charge in [0.15, 0.2) is 0 Å². The first kappa shape index (κ1) is 18.7. The third-order valence-corrected chi connectivity index (χ3v) is 7.35. The number of primary sulfonamides is 1. The molecular formula is C13H22N4O3S3. The van der Waals surface area contributed by atoms with Crippen LogP contribution in [0.15, 0.2) is 14.5 Å². The molecule has 0 aromatic carbocycles. The van der Waals surface area contributed by atoms with Crippen LogP contribution in [0.3, 0.4) is 0 Å². The van der Waals surface area contributed by atoms with E-state index in [-0.39, 0.29) is 22.3 Å². The van der Waals surface area contributed by atoms with E-state index in [9.17, 15) is 13.2 Å². The molecule has 0 radical (unpaired) electrons. The van der Waals surface area contributed by atoms with E-state index < -0.39 is 10.0 Å². The summed E-state index contributed by atoms with van der Waals surface area (Å²) in [4.78, 5) is 11.4. The number of fused-ring (bicyclic) bond motifs is 1. The van der Waals surface area contributed by atoms with Crippen molar-refractivity contribution in [3.8, 4) is 0 Å². The highest BCUT2D eigenvalue weighted by molar-refractivity contribution is 7.99. The fraction of sp³-hybridized carbons (Fsp3) is 0.615. The zero-order valence-electron chi connectivity index (χ0n) is 13.3. The van der Waals surface area contributed by atoms with Crippen molar-refractivity contribution >= 4 is 39.2 Å². The molecule has 0 aliphatic carbocycles. The summed E-state index contributed by atoms with van der Waals surface area (Å²) >= 11 is 2.65. The Morgan fingerprint density at radius 3 is 2.74 bits per heavy atom. The number of hydrogen-bond acceptors (Lipinski definition) is 7. The maximum absolute atomic E-state index is 11.6. The molecule has 2 unspecified atom stereocenters. The van der Waals surface area contributed by atoms with Gasteiger partial charge >= 0.3 is 0 Å². The van der Waals surface area contributed by atoms with Gasteiger partial charge in [-0.2, -0.15) is 0 Å². The van der Waals surface area contributed by atoms with E-state index in [2.05, 4.69) is 14.9 Å². The number of nitrogens with zero attached hydrogens (tertiary/aromatic N) is 1. The lowest BCUT2D eigenvalue weighted by Crippen LogP contribution is -2.48. The number of amides is 1. The SMILES string of the molecule is CCNC1CN(C(CC)NC(C)=O)Sc2sc(S(N)(=O)=O)cc21. The van der Waals surface area contributed by atoms with Crippen molar-refractivity contribution in [3.05, 3.63) is 11.6 Å². The summed E-state index contributed by atoms with van der Waals surface area (Å²) in [6.45, 7) is 6.94. The molecule has 1 aromatic heterocycles. The van der Waals surface area contributed by atoms with Crippen LogP contribution in [-0.4, -0.2) is 37.9 Å². The van der Waals surface area contributed by atoms with Crippen LogP contribution in [-0.2, 0) is 14.8 Å². The molecule has 0 bridgehead atoms. The Hall–Kier alpha value is -0.650. The summed E-state index contributed by atoms with van der Waals surface area (Å²) in [7, 11) is -3.71. The summed E-state index contributed by atoms with van der Waals surface area (Å²) < 4.78 is 26.4. The van der Waals surface area contributed by atoms with Crippen molar-refractivity contribution < 1.29 is 13.2 Å². The molecular weight excluding hydrogens is 356 g/mol. The number of likely N-dealkylation sites (N-methyl/N-ethyl adjacent to an activating group) is 1. The van der Waals surface area contributed by atoms with Gasteiger partial charge in [0, 0.05) is 19.5 Å². The normalized spacial score (nSPS) is 20.1. The molecule has 0 saturated heterocycles. The van der Waals surface area contributed by atoms with Crippen LogP contribution in [0.25, 0.3) is 0 Å². The predicted molar refractivity (Wildman–Crippen MR) is 92.6 cm³/mol. The van der Waals surface area contributed by atoms with Crippen LogP contribution in [0.5, 0.6) is 0 Å². The van der Waals surface area contributed by atoms with Gasteiger partial charge in [-0.05, 0) is 36.5 Å². The maximum atomic E-state index is 11.6. The van der Waals surface area contributed by atoms with Crippen LogP contribution in [0.1, 0.15) is 38.8 Å². The van der Waals surface area contributed by atoms with Crippen molar-refractivity contribution in [1.29, 1.82) is 0 Å². The molecule has 0 fully saturated rings. The van der Waals surface area contributed by atoms with Crippen LogP contribution in [0, 0.1) is 0 Å². The minimum absolute atomic E-state index is 0.00538. The van der Waals surface area contributed by atoms with Gasteiger partial charge in [-0.1, -0.05) is 13.8 Å². The Morgan fingerprint density at radius 2 is 2.22 bits per heavy atom. The van der Waals surface area contributed by atoms with E-state index >= 15 is 0 Å². The molecule has 130 valence electrons. The monoisotopic (exact) mass is 378 g/mol. The van der Waals surface area contributed by atoms with Gasteiger partial charge in [0.2, 0.25) is 15.9 Å². The Balaban J connectivity index is 2.33. The van der Waals surface area contributed by atoms with Gasteiger partial charge in [0.1, 0.15) is 4.21 Å². The summed E-state index contributed by atoms with van der Waals surface area (Å²) in [6.07, 6.45) is 0.653. The zero-order valence-corrected chi connectivity index (χ0v) is 15.8. The lowest BCUT2D eigenvalue weighted by molar-refractivity contribution is -0.120. The molecule has 1 aliphatic heterocycles. The van der Waals surface area contributed by atoms with Crippen molar-refractivity contribution in [1.82, 2.24) is 14.9 Å². The summed E-state index contributed by atoms with van der Waals surface area (Å²) in [5.74, 6) is -0.0837. The molecule has 4 N–H and O–H groups in total. The van der Waals surface area contributed by atoms with Gasteiger partial charge in [0.25, 0.3) is 0 Å². The summed E-state index contributed by atoms with van der Waals surface area (Å²) in [5.41, 5.74) is 0.958.